The van der Waals surface area contributed by atoms with Gasteiger partial charge in [0.05, 0.1) is 0 Å². The molecule has 9 nitrogen and oxygen atoms in total. The van der Waals surface area contributed by atoms with Crippen LogP contribution in [0.25, 0.3) is 0 Å². The number of aryl methyl sites for hydroxylation is 2. The summed E-state index contributed by atoms with van der Waals surface area (Å²) in [5.74, 6) is -0.662. The van der Waals surface area contributed by atoms with Crippen LogP contribution in [0, 0.1) is 13.8 Å². The van der Waals surface area contributed by atoms with Crippen molar-refractivity contribution in [3.63, 3.8) is 0 Å². The molecule has 0 saturated carbocycles. The molecule has 27 heavy (non-hydrogen) atoms. The fraction of sp³-hybridized carbons (Fsp3) is 0.412. The summed E-state index contributed by atoms with van der Waals surface area (Å²) in [6.45, 7) is 2.99. The number of aliphatic hydroxyl groups is 4. The average Bonchev–Trinajstić information content (AvgIpc) is 2.64. The van der Waals surface area contributed by atoms with Gasteiger partial charge >= 0.3 is 165 Å². The number of benzene rings is 1. The van der Waals surface area contributed by atoms with E-state index < -0.39 is 30.8 Å². The summed E-state index contributed by atoms with van der Waals surface area (Å²) >= 11 is 0.489. The van der Waals surface area contributed by atoms with Crippen molar-refractivity contribution in [1.82, 2.24) is 5.32 Å². The van der Waals surface area contributed by atoms with E-state index in [1.807, 2.05) is 19.9 Å². The second kappa shape index (κ2) is 8.90. The minimum atomic E-state index is -1.57. The van der Waals surface area contributed by atoms with E-state index >= 15 is 0 Å². The molecule has 1 aliphatic heterocycles. The third-order valence-electron chi connectivity index (χ3n) is 4.46. The molecule has 0 spiro atoms. The van der Waals surface area contributed by atoms with E-state index in [-0.39, 0.29) is 18.7 Å². The zero-order valence-corrected chi connectivity index (χ0v) is 18.1. The Morgan fingerprint density at radius 3 is 2.48 bits per heavy atom. The molecule has 5 N–H and O–H groups in total. The number of anilines is 1. The number of aliphatic hydroxyl groups excluding tert-OH is 4. The molecule has 2 amide bonds. The van der Waals surface area contributed by atoms with E-state index in [0.717, 1.165) is 11.1 Å². The van der Waals surface area contributed by atoms with Crippen LogP contribution in [-0.2, 0) is 27.4 Å². The summed E-state index contributed by atoms with van der Waals surface area (Å²) < 4.78 is 0.495. The van der Waals surface area contributed by atoms with Crippen LogP contribution in [0.1, 0.15) is 11.1 Å². The van der Waals surface area contributed by atoms with Crippen molar-refractivity contribution >= 4 is 33.6 Å². The Hall–Kier alpha value is -1.84. The number of β-amino-alcohol motifs (C(OH)–C–C–N with tert-alkyl or cyclic N) is 1. The molecule has 0 aromatic heterocycles. The van der Waals surface area contributed by atoms with E-state index in [4.69, 9.17) is 5.11 Å². The van der Waals surface area contributed by atoms with Crippen molar-refractivity contribution in [3.8, 4) is 0 Å². The van der Waals surface area contributed by atoms with Crippen molar-refractivity contribution in [1.29, 1.82) is 0 Å². The number of carbonyl (C=O) groups excluding carboxylic acids is 2. The number of carbonyl (C=O) groups is 2. The summed E-state index contributed by atoms with van der Waals surface area (Å²) in [6, 6.07) is 3.66. The van der Waals surface area contributed by atoms with Gasteiger partial charge in [-0.3, -0.25) is 0 Å². The molecule has 0 bridgehead atoms. The van der Waals surface area contributed by atoms with Crippen LogP contribution in [0.2, 0.25) is 0 Å². The Morgan fingerprint density at radius 2 is 1.89 bits per heavy atom. The van der Waals surface area contributed by atoms with Crippen LogP contribution in [0.3, 0.4) is 0 Å². The van der Waals surface area contributed by atoms with Gasteiger partial charge < -0.3 is 0 Å². The third kappa shape index (κ3) is 4.53. The Labute approximate surface area is 165 Å². The topological polar surface area (TPSA) is 143 Å². The first-order valence-electron chi connectivity index (χ1n) is 8.27. The molecule has 0 aliphatic carbocycles. The molecule has 0 radical (unpaired) electrons. The van der Waals surface area contributed by atoms with E-state index in [0.29, 0.717) is 33.5 Å². The SMILES string of the molecule is Cc1cc2c(cc1C)N(CC(O)C(O)C(O)CO)[C](=[Zn])C(C(=O)NC=O)=N2. The molecular weight excluding hydrogens is 408 g/mol. The van der Waals surface area contributed by atoms with E-state index in [2.05, 4.69) is 10.3 Å². The summed E-state index contributed by atoms with van der Waals surface area (Å²) in [5, 5.41) is 40.9. The number of hydrogen-bond donors (Lipinski definition) is 5. The Balaban J connectivity index is 2.46. The fourth-order valence-corrected chi connectivity index (χ4v) is 3.85. The first-order valence-corrected chi connectivity index (χ1v) is 9.75. The second-order valence-electron chi connectivity index (χ2n) is 6.34. The van der Waals surface area contributed by atoms with Crippen molar-refractivity contribution < 1.29 is 47.9 Å². The Morgan fingerprint density at radius 1 is 1.26 bits per heavy atom. The average molecular weight is 429 g/mol. The maximum atomic E-state index is 12.2. The number of imide groups is 1. The first-order chi connectivity index (χ1) is 12.7. The van der Waals surface area contributed by atoms with Gasteiger partial charge in [-0.15, -0.1) is 0 Å². The number of fused-ring (bicyclic) bond motifs is 1. The van der Waals surface area contributed by atoms with Crippen LogP contribution in [-0.4, -0.2) is 74.1 Å². The van der Waals surface area contributed by atoms with Crippen LogP contribution in [0.15, 0.2) is 17.1 Å². The molecular formula is C17H21N3O6Zn. The van der Waals surface area contributed by atoms with E-state index in [1.54, 1.807) is 11.0 Å². The van der Waals surface area contributed by atoms with Crippen LogP contribution >= 0.6 is 0 Å². The van der Waals surface area contributed by atoms with Crippen molar-refractivity contribution in [2.45, 2.75) is 32.2 Å². The number of rotatable bonds is 7. The molecule has 3 atom stereocenters. The van der Waals surface area contributed by atoms with Gasteiger partial charge in [0.1, 0.15) is 0 Å². The van der Waals surface area contributed by atoms with E-state index in [9.17, 15) is 24.9 Å². The van der Waals surface area contributed by atoms with Crippen molar-refractivity contribution in [2.75, 3.05) is 18.1 Å². The van der Waals surface area contributed by atoms with E-state index in [1.165, 1.54) is 0 Å². The predicted molar refractivity (Wildman–Crippen MR) is 94.7 cm³/mol. The van der Waals surface area contributed by atoms with Gasteiger partial charge in [0.25, 0.3) is 0 Å². The number of amides is 2. The zero-order valence-electron chi connectivity index (χ0n) is 15.1. The minimum absolute atomic E-state index is 0.0576. The Kier molecular flexibility index (Phi) is 7.08. The van der Waals surface area contributed by atoms with Gasteiger partial charge in [-0.1, -0.05) is 0 Å². The van der Waals surface area contributed by atoms with Gasteiger partial charge in [-0.05, 0) is 0 Å². The number of hydrogen-bond acceptors (Lipinski definition) is 8. The summed E-state index contributed by atoms with van der Waals surface area (Å²) in [7, 11) is 0. The first kappa shape index (κ1) is 21.5. The van der Waals surface area contributed by atoms with Crippen molar-refractivity contribution in [2.24, 2.45) is 4.99 Å². The summed E-state index contributed by atoms with van der Waals surface area (Å²) in [4.78, 5) is 28.9. The molecule has 1 aromatic carbocycles. The number of nitrogens with zero attached hydrogens (tertiary/aromatic N) is 2. The summed E-state index contributed by atoms with van der Waals surface area (Å²) in [6.07, 6.45) is -4.18. The predicted octanol–water partition coefficient (Wildman–Crippen LogP) is -1.78. The summed E-state index contributed by atoms with van der Waals surface area (Å²) in [5.41, 5.74) is 3.14. The molecule has 1 aromatic rings. The van der Waals surface area contributed by atoms with Gasteiger partial charge in [0.15, 0.2) is 0 Å². The quantitative estimate of drug-likeness (QED) is 0.255. The molecule has 1 heterocycles. The standard InChI is InChI=1S/C17H21N3O6.Zn/c1-9-3-11-13(4-10(9)2)20(5-12(19-11)17(26)18-8-22)6-14(23)16(25)15(24)7-21;/h3-4,8,14-16,21,23-25H,6-7H2,1-2H3,(H,18,22,26);. The second-order valence-corrected chi connectivity index (χ2v) is 7.75. The van der Waals surface area contributed by atoms with Gasteiger partial charge in [0, 0.05) is 0 Å². The maximum absolute atomic E-state index is 12.2. The molecule has 142 valence electrons. The molecule has 0 fully saturated rings. The molecule has 10 heteroatoms. The van der Waals surface area contributed by atoms with Crippen molar-refractivity contribution in [3.05, 3.63) is 23.3 Å². The number of nitrogens with one attached hydrogen (secondary N) is 1. The fourth-order valence-electron chi connectivity index (χ4n) is 2.72. The van der Waals surface area contributed by atoms with Gasteiger partial charge in [-0.2, -0.15) is 0 Å². The van der Waals surface area contributed by atoms with Gasteiger partial charge in [0.2, 0.25) is 0 Å². The number of aliphatic imine (C=N–C) groups is 1. The molecule has 3 unspecified atom stereocenters. The normalized spacial score (nSPS) is 17.0. The molecule has 2 rings (SSSR count). The molecule has 0 saturated heterocycles. The zero-order chi connectivity index (χ0) is 20.3. The van der Waals surface area contributed by atoms with Crippen LogP contribution in [0.5, 0.6) is 0 Å². The van der Waals surface area contributed by atoms with Crippen LogP contribution < -0.4 is 10.2 Å². The third-order valence-corrected chi connectivity index (χ3v) is 5.97. The molecule has 1 aliphatic rings. The van der Waals surface area contributed by atoms with Gasteiger partial charge in [-0.25, -0.2) is 0 Å². The Bertz CT molecular complexity index is 797. The monoisotopic (exact) mass is 427 g/mol. The van der Waals surface area contributed by atoms with Crippen LogP contribution in [0.4, 0.5) is 11.4 Å².